The highest BCUT2D eigenvalue weighted by molar-refractivity contribution is 4.98. The average Bonchev–Trinajstić information content (AvgIpc) is 1.78. The van der Waals surface area contributed by atoms with Gasteiger partial charge in [-0.1, -0.05) is 25.2 Å². The van der Waals surface area contributed by atoms with Crippen molar-refractivity contribution in [2.24, 2.45) is 11.7 Å². The second-order valence-corrected chi connectivity index (χ2v) is 2.81. The first-order valence-corrected chi connectivity index (χ1v) is 3.54. The second kappa shape index (κ2) is 2.89. The van der Waals surface area contributed by atoms with E-state index >= 15 is 0 Å². The Morgan fingerprint density at radius 3 is 2.67 bits per heavy atom. The molecule has 1 fully saturated rings. The summed E-state index contributed by atoms with van der Waals surface area (Å²) in [5.74, 6) is 3.39. The van der Waals surface area contributed by atoms with Gasteiger partial charge in [0.15, 0.2) is 0 Å². The molecule has 1 atom stereocenters. The molecular formula is C8H13N. The summed E-state index contributed by atoms with van der Waals surface area (Å²) in [5, 5.41) is 0. The normalized spacial score (nSPS) is 22.2. The minimum absolute atomic E-state index is 0.00954. The van der Waals surface area contributed by atoms with Gasteiger partial charge >= 0.3 is 0 Å². The van der Waals surface area contributed by atoms with E-state index in [1.807, 2.05) is 0 Å². The van der Waals surface area contributed by atoms with Crippen LogP contribution in [0.15, 0.2) is 0 Å². The molecule has 0 spiro atoms. The summed E-state index contributed by atoms with van der Waals surface area (Å²) in [6, 6.07) is 0.00954. The number of hydrogen-bond acceptors (Lipinski definition) is 1. The molecule has 1 rings (SSSR count). The molecule has 1 aliphatic rings. The summed E-state index contributed by atoms with van der Waals surface area (Å²) >= 11 is 0. The highest BCUT2D eigenvalue weighted by atomic mass is 14.6. The predicted molar refractivity (Wildman–Crippen MR) is 38.8 cm³/mol. The minimum Gasteiger partial charge on any atom is -0.318 e. The van der Waals surface area contributed by atoms with Crippen molar-refractivity contribution in [1.82, 2.24) is 0 Å². The first-order valence-electron chi connectivity index (χ1n) is 3.54. The van der Waals surface area contributed by atoms with Crippen LogP contribution in [0.5, 0.6) is 0 Å². The van der Waals surface area contributed by atoms with Gasteiger partial charge in [0.2, 0.25) is 0 Å². The maximum Gasteiger partial charge on any atom is 0.0664 e. The molecule has 9 heavy (non-hydrogen) atoms. The van der Waals surface area contributed by atoms with Gasteiger partial charge in [-0.05, 0) is 12.3 Å². The number of hydrogen-bond donors (Lipinski definition) is 1. The third kappa shape index (κ3) is 1.73. The molecule has 1 saturated carbocycles. The Morgan fingerprint density at radius 2 is 2.33 bits per heavy atom. The molecule has 0 saturated heterocycles. The topological polar surface area (TPSA) is 26.0 Å². The van der Waals surface area contributed by atoms with Crippen molar-refractivity contribution >= 4 is 0 Å². The Bertz CT molecular complexity index is 119. The van der Waals surface area contributed by atoms with Crippen LogP contribution >= 0.6 is 0 Å². The number of rotatable bonds is 2. The average molecular weight is 123 g/mol. The molecule has 0 aromatic heterocycles. The van der Waals surface area contributed by atoms with E-state index in [4.69, 9.17) is 12.2 Å². The van der Waals surface area contributed by atoms with Gasteiger partial charge in [0.05, 0.1) is 6.04 Å². The molecule has 1 aliphatic carbocycles. The van der Waals surface area contributed by atoms with E-state index in [9.17, 15) is 0 Å². The summed E-state index contributed by atoms with van der Waals surface area (Å²) in [7, 11) is 0. The first-order chi connectivity index (χ1) is 4.33. The van der Waals surface area contributed by atoms with Gasteiger partial charge in [0.25, 0.3) is 0 Å². The van der Waals surface area contributed by atoms with E-state index in [1.54, 1.807) is 0 Å². The van der Waals surface area contributed by atoms with Crippen LogP contribution < -0.4 is 5.73 Å². The van der Waals surface area contributed by atoms with Crippen molar-refractivity contribution in [3.8, 4) is 12.3 Å². The lowest BCUT2D eigenvalue weighted by Gasteiger charge is -2.26. The lowest BCUT2D eigenvalue weighted by Crippen LogP contribution is -2.24. The minimum atomic E-state index is 0.00954. The van der Waals surface area contributed by atoms with Crippen molar-refractivity contribution in [3.05, 3.63) is 0 Å². The lowest BCUT2D eigenvalue weighted by atomic mass is 9.81. The quantitative estimate of drug-likeness (QED) is 0.547. The number of terminal acetylenes is 1. The molecule has 0 bridgehead atoms. The van der Waals surface area contributed by atoms with Crippen molar-refractivity contribution < 1.29 is 0 Å². The van der Waals surface area contributed by atoms with Crippen molar-refractivity contribution in [2.45, 2.75) is 31.7 Å². The fourth-order valence-corrected chi connectivity index (χ4v) is 1.16. The van der Waals surface area contributed by atoms with E-state index in [-0.39, 0.29) is 6.04 Å². The Morgan fingerprint density at radius 1 is 1.67 bits per heavy atom. The smallest absolute Gasteiger partial charge is 0.0664 e. The summed E-state index contributed by atoms with van der Waals surface area (Å²) in [6.07, 6.45) is 10.2. The molecule has 0 amide bonds. The van der Waals surface area contributed by atoms with E-state index in [1.165, 1.54) is 19.3 Å². The summed E-state index contributed by atoms with van der Waals surface area (Å²) in [5.41, 5.74) is 5.55. The molecule has 1 heteroatoms. The van der Waals surface area contributed by atoms with Crippen LogP contribution in [-0.4, -0.2) is 6.04 Å². The van der Waals surface area contributed by atoms with Gasteiger partial charge in [0, 0.05) is 0 Å². The lowest BCUT2D eigenvalue weighted by molar-refractivity contribution is 0.289. The van der Waals surface area contributed by atoms with Gasteiger partial charge in [-0.15, -0.1) is 6.42 Å². The first kappa shape index (κ1) is 6.64. The molecule has 2 N–H and O–H groups in total. The van der Waals surface area contributed by atoms with Crippen molar-refractivity contribution in [1.29, 1.82) is 0 Å². The van der Waals surface area contributed by atoms with Crippen molar-refractivity contribution in [3.63, 3.8) is 0 Å². The maximum absolute atomic E-state index is 5.55. The van der Waals surface area contributed by atoms with Crippen LogP contribution in [0.2, 0.25) is 0 Å². The highest BCUT2D eigenvalue weighted by Crippen LogP contribution is 2.29. The molecule has 0 aliphatic heterocycles. The second-order valence-electron chi connectivity index (χ2n) is 2.81. The fraction of sp³-hybridized carbons (Fsp3) is 0.750. The third-order valence-corrected chi connectivity index (χ3v) is 2.03. The van der Waals surface area contributed by atoms with E-state index in [2.05, 4.69) is 5.92 Å². The summed E-state index contributed by atoms with van der Waals surface area (Å²) < 4.78 is 0. The zero-order valence-electron chi connectivity index (χ0n) is 5.64. The standard InChI is InChI=1S/C8H13N/c1-2-8(9)6-7-4-3-5-7/h1,7-8H,3-6,9H2. The van der Waals surface area contributed by atoms with Crippen LogP contribution in [0.25, 0.3) is 0 Å². The Balaban J connectivity index is 2.10. The Hall–Kier alpha value is -0.480. The van der Waals surface area contributed by atoms with Crippen LogP contribution in [0.4, 0.5) is 0 Å². The van der Waals surface area contributed by atoms with Crippen LogP contribution in [0.3, 0.4) is 0 Å². The SMILES string of the molecule is C#CC(N)CC1CCC1. The largest absolute Gasteiger partial charge is 0.318 e. The van der Waals surface area contributed by atoms with E-state index in [0.717, 1.165) is 12.3 Å². The molecule has 50 valence electrons. The van der Waals surface area contributed by atoms with E-state index < -0.39 is 0 Å². The molecule has 0 radical (unpaired) electrons. The van der Waals surface area contributed by atoms with Gasteiger partial charge in [-0.2, -0.15) is 0 Å². The monoisotopic (exact) mass is 123 g/mol. The molecule has 0 heterocycles. The molecule has 0 aromatic carbocycles. The van der Waals surface area contributed by atoms with Crippen LogP contribution in [0, 0.1) is 18.3 Å². The Labute approximate surface area is 56.6 Å². The van der Waals surface area contributed by atoms with Gasteiger partial charge in [0.1, 0.15) is 0 Å². The van der Waals surface area contributed by atoms with Gasteiger partial charge < -0.3 is 5.73 Å². The van der Waals surface area contributed by atoms with Gasteiger partial charge in [-0.3, -0.25) is 0 Å². The predicted octanol–water partition coefficient (Wildman–Crippen LogP) is 1.14. The zero-order chi connectivity index (χ0) is 6.69. The van der Waals surface area contributed by atoms with E-state index in [0.29, 0.717) is 0 Å². The molecular weight excluding hydrogens is 110 g/mol. The third-order valence-electron chi connectivity index (χ3n) is 2.03. The summed E-state index contributed by atoms with van der Waals surface area (Å²) in [6.45, 7) is 0. The zero-order valence-corrected chi connectivity index (χ0v) is 5.64. The van der Waals surface area contributed by atoms with Gasteiger partial charge in [-0.25, -0.2) is 0 Å². The highest BCUT2D eigenvalue weighted by Gasteiger charge is 2.18. The molecule has 1 unspecified atom stereocenters. The molecule has 0 aromatic rings. The van der Waals surface area contributed by atoms with Crippen LogP contribution in [-0.2, 0) is 0 Å². The Kier molecular flexibility index (Phi) is 2.13. The fourth-order valence-electron chi connectivity index (χ4n) is 1.16. The molecule has 1 nitrogen and oxygen atoms in total. The van der Waals surface area contributed by atoms with Crippen molar-refractivity contribution in [2.75, 3.05) is 0 Å². The summed E-state index contributed by atoms with van der Waals surface area (Å²) in [4.78, 5) is 0. The van der Waals surface area contributed by atoms with Crippen LogP contribution in [0.1, 0.15) is 25.7 Å². The number of nitrogens with two attached hydrogens (primary N) is 1. The maximum atomic E-state index is 5.55.